The molecule has 0 radical (unpaired) electrons. The van der Waals surface area contributed by atoms with Gasteiger partial charge in [-0.05, 0) is 38.0 Å². The van der Waals surface area contributed by atoms with Gasteiger partial charge in [0.1, 0.15) is 11.6 Å². The molecular weight excluding hydrogens is 378 g/mol. The van der Waals surface area contributed by atoms with Crippen molar-refractivity contribution in [2.45, 2.75) is 25.7 Å². The lowest BCUT2D eigenvalue weighted by atomic mass is 9.93. The first-order valence-corrected chi connectivity index (χ1v) is 9.67. The molecule has 0 saturated heterocycles. The second-order valence-corrected chi connectivity index (χ2v) is 7.47. The third-order valence-corrected chi connectivity index (χ3v) is 5.42. The molecule has 1 aliphatic rings. The number of aromatic nitrogens is 3. The van der Waals surface area contributed by atoms with Crippen LogP contribution in [0.15, 0.2) is 54.9 Å². The molecule has 1 fully saturated rings. The average molecular weight is 399 g/mol. The van der Waals surface area contributed by atoms with Crippen molar-refractivity contribution >= 4 is 11.7 Å². The molecule has 2 atom stereocenters. The average Bonchev–Trinajstić information content (AvgIpc) is 3.50. The van der Waals surface area contributed by atoms with Gasteiger partial charge in [-0.2, -0.15) is 5.26 Å². The smallest absolute Gasteiger partial charge is 0.229 e. The molecule has 1 saturated carbocycles. The predicted molar refractivity (Wildman–Crippen MR) is 111 cm³/mol. The molecule has 0 bridgehead atoms. The van der Waals surface area contributed by atoms with Gasteiger partial charge in [-0.15, -0.1) is 0 Å². The lowest BCUT2D eigenvalue weighted by molar-refractivity contribution is -0.117. The molecule has 1 aliphatic carbocycles. The number of carbonyl (C=O) groups excluding carboxylic acids is 1. The van der Waals surface area contributed by atoms with Crippen LogP contribution in [0.25, 0.3) is 0 Å². The number of aryl methyl sites for hydroxylation is 2. The molecule has 2 aromatic heterocycles. The van der Waals surface area contributed by atoms with Crippen molar-refractivity contribution in [3.8, 4) is 11.8 Å². The maximum absolute atomic E-state index is 13.0. The highest BCUT2D eigenvalue weighted by molar-refractivity contribution is 5.95. The van der Waals surface area contributed by atoms with Crippen LogP contribution >= 0.6 is 0 Å². The summed E-state index contributed by atoms with van der Waals surface area (Å²) < 4.78 is 6.08. The fourth-order valence-electron chi connectivity index (χ4n) is 3.68. The molecule has 1 N–H and O–H groups in total. The standard InChI is InChI=1S/C23H21N5O2/c1-15-20(13-26-16(2)27-15)30-14-23(18-6-4-3-5-7-18)11-19(23)22(29)28-21-10-17(12-24)8-9-25-21/h3-10,13,19H,11,14H2,1-2H3,(H,25,28,29)/t19-,23+/m0/s1. The maximum Gasteiger partial charge on any atom is 0.229 e. The monoisotopic (exact) mass is 399 g/mol. The lowest BCUT2D eigenvalue weighted by Crippen LogP contribution is -2.27. The highest BCUT2D eigenvalue weighted by atomic mass is 16.5. The fraction of sp³-hybridized carbons (Fsp3) is 0.261. The van der Waals surface area contributed by atoms with E-state index in [1.807, 2.05) is 44.2 Å². The van der Waals surface area contributed by atoms with Crippen molar-refractivity contribution in [1.82, 2.24) is 15.0 Å². The summed E-state index contributed by atoms with van der Waals surface area (Å²) in [6, 6.07) is 15.1. The summed E-state index contributed by atoms with van der Waals surface area (Å²) in [5, 5.41) is 11.9. The molecule has 7 heteroatoms. The van der Waals surface area contributed by atoms with E-state index in [2.05, 4.69) is 26.3 Å². The van der Waals surface area contributed by atoms with Crippen molar-refractivity contribution < 1.29 is 9.53 Å². The second-order valence-electron chi connectivity index (χ2n) is 7.47. The Labute approximate surface area is 174 Å². The van der Waals surface area contributed by atoms with Crippen LogP contribution in [-0.2, 0) is 10.2 Å². The van der Waals surface area contributed by atoms with Crippen LogP contribution in [0.3, 0.4) is 0 Å². The van der Waals surface area contributed by atoms with Gasteiger partial charge in [0.15, 0.2) is 5.75 Å². The van der Waals surface area contributed by atoms with Gasteiger partial charge in [0, 0.05) is 11.6 Å². The zero-order valence-corrected chi connectivity index (χ0v) is 16.8. The van der Waals surface area contributed by atoms with Crippen LogP contribution in [0, 0.1) is 31.1 Å². The molecule has 150 valence electrons. The Morgan fingerprint density at radius 2 is 2.07 bits per heavy atom. The molecular formula is C23H21N5O2. The van der Waals surface area contributed by atoms with Crippen LogP contribution in [0.1, 0.15) is 29.1 Å². The number of hydrogen-bond donors (Lipinski definition) is 1. The SMILES string of the molecule is Cc1ncc(OC[C@@]2(c3ccccc3)C[C@H]2C(=O)Nc2cc(C#N)ccn2)c(C)n1. The van der Waals surface area contributed by atoms with E-state index >= 15 is 0 Å². The number of pyridine rings is 1. The maximum atomic E-state index is 13.0. The third kappa shape index (κ3) is 3.85. The van der Waals surface area contributed by atoms with Crippen LogP contribution in [0.2, 0.25) is 0 Å². The van der Waals surface area contributed by atoms with Gasteiger partial charge in [0.2, 0.25) is 5.91 Å². The minimum Gasteiger partial charge on any atom is -0.489 e. The summed E-state index contributed by atoms with van der Waals surface area (Å²) in [4.78, 5) is 25.7. The molecule has 7 nitrogen and oxygen atoms in total. The lowest BCUT2D eigenvalue weighted by Gasteiger charge is -2.19. The van der Waals surface area contributed by atoms with E-state index in [9.17, 15) is 4.79 Å². The van der Waals surface area contributed by atoms with E-state index < -0.39 is 5.41 Å². The Hall–Kier alpha value is -3.79. The number of benzene rings is 1. The number of nitrogens with one attached hydrogen (secondary N) is 1. The van der Waals surface area contributed by atoms with Crippen LogP contribution in [-0.4, -0.2) is 27.5 Å². The third-order valence-electron chi connectivity index (χ3n) is 5.42. The van der Waals surface area contributed by atoms with Crippen molar-refractivity contribution in [1.29, 1.82) is 5.26 Å². The van der Waals surface area contributed by atoms with E-state index in [1.54, 1.807) is 18.3 Å². The van der Waals surface area contributed by atoms with Crippen molar-refractivity contribution in [3.05, 3.63) is 77.5 Å². The molecule has 2 heterocycles. The Morgan fingerprint density at radius 3 is 2.80 bits per heavy atom. The van der Waals surface area contributed by atoms with Gasteiger partial charge < -0.3 is 10.1 Å². The number of nitrogens with zero attached hydrogens (tertiary/aromatic N) is 4. The van der Waals surface area contributed by atoms with Gasteiger partial charge in [-0.3, -0.25) is 4.79 Å². The van der Waals surface area contributed by atoms with E-state index in [1.165, 1.54) is 6.20 Å². The molecule has 0 unspecified atom stereocenters. The van der Waals surface area contributed by atoms with E-state index in [4.69, 9.17) is 10.00 Å². The van der Waals surface area contributed by atoms with Gasteiger partial charge >= 0.3 is 0 Å². The first-order chi connectivity index (χ1) is 14.5. The van der Waals surface area contributed by atoms with Crippen molar-refractivity contribution in [3.63, 3.8) is 0 Å². The largest absolute Gasteiger partial charge is 0.489 e. The van der Waals surface area contributed by atoms with Gasteiger partial charge in [-0.25, -0.2) is 15.0 Å². The number of rotatable bonds is 6. The quantitative estimate of drug-likeness (QED) is 0.682. The number of ether oxygens (including phenoxy) is 1. The Morgan fingerprint density at radius 1 is 1.27 bits per heavy atom. The van der Waals surface area contributed by atoms with E-state index in [-0.39, 0.29) is 11.8 Å². The molecule has 4 rings (SSSR count). The van der Waals surface area contributed by atoms with Gasteiger partial charge in [-0.1, -0.05) is 30.3 Å². The van der Waals surface area contributed by atoms with Gasteiger partial charge in [0.05, 0.1) is 36.0 Å². The Balaban J connectivity index is 1.54. The number of amides is 1. The number of nitriles is 1. The first-order valence-electron chi connectivity index (χ1n) is 9.67. The fourth-order valence-corrected chi connectivity index (χ4v) is 3.68. The Kier molecular flexibility index (Phi) is 5.15. The summed E-state index contributed by atoms with van der Waals surface area (Å²) in [5.41, 5.74) is 1.83. The molecule has 0 spiro atoms. The molecule has 30 heavy (non-hydrogen) atoms. The molecule has 1 amide bonds. The summed E-state index contributed by atoms with van der Waals surface area (Å²) in [7, 11) is 0. The number of carbonyl (C=O) groups is 1. The van der Waals surface area contributed by atoms with Crippen LogP contribution < -0.4 is 10.1 Å². The van der Waals surface area contributed by atoms with Gasteiger partial charge in [0.25, 0.3) is 0 Å². The first kappa shape index (κ1) is 19.5. The van der Waals surface area contributed by atoms with E-state index in [0.717, 1.165) is 11.3 Å². The summed E-state index contributed by atoms with van der Waals surface area (Å²) >= 11 is 0. The second kappa shape index (κ2) is 7.91. The summed E-state index contributed by atoms with van der Waals surface area (Å²) in [5.74, 6) is 1.27. The zero-order chi connectivity index (χ0) is 21.1. The summed E-state index contributed by atoms with van der Waals surface area (Å²) in [6.07, 6.45) is 3.84. The normalized spacial score (nSPS) is 19.6. The highest BCUT2D eigenvalue weighted by Crippen LogP contribution is 2.55. The van der Waals surface area contributed by atoms with Crippen molar-refractivity contribution in [2.24, 2.45) is 5.92 Å². The topological polar surface area (TPSA) is 101 Å². The predicted octanol–water partition coefficient (Wildman–Crippen LogP) is 3.34. The minimum atomic E-state index is -0.435. The van der Waals surface area contributed by atoms with Crippen molar-refractivity contribution in [2.75, 3.05) is 11.9 Å². The molecule has 1 aromatic carbocycles. The Bertz CT molecular complexity index is 1130. The molecule has 3 aromatic rings. The van der Waals surface area contributed by atoms with Crippen LogP contribution in [0.4, 0.5) is 5.82 Å². The molecule has 0 aliphatic heterocycles. The number of anilines is 1. The summed E-state index contributed by atoms with van der Waals surface area (Å²) in [6.45, 7) is 4.05. The highest BCUT2D eigenvalue weighted by Gasteiger charge is 2.60. The minimum absolute atomic E-state index is 0.137. The van der Waals surface area contributed by atoms with Crippen LogP contribution in [0.5, 0.6) is 5.75 Å². The van der Waals surface area contributed by atoms with E-state index in [0.29, 0.717) is 36.0 Å². The number of hydrogen-bond acceptors (Lipinski definition) is 6. The zero-order valence-electron chi connectivity index (χ0n) is 16.8.